The zero-order chi connectivity index (χ0) is 29.7. The van der Waals surface area contributed by atoms with Crippen molar-refractivity contribution in [1.82, 2.24) is 10.2 Å². The van der Waals surface area contributed by atoms with Gasteiger partial charge in [-0.15, -0.1) is 0 Å². The van der Waals surface area contributed by atoms with Crippen molar-refractivity contribution in [3.63, 3.8) is 0 Å². The summed E-state index contributed by atoms with van der Waals surface area (Å²) >= 11 is 18.6. The van der Waals surface area contributed by atoms with Gasteiger partial charge in [-0.1, -0.05) is 72.1 Å². The van der Waals surface area contributed by atoms with Crippen LogP contribution in [0.5, 0.6) is 0 Å². The molecule has 214 valence electrons. The van der Waals surface area contributed by atoms with Gasteiger partial charge in [-0.05, 0) is 75.2 Å². The quantitative estimate of drug-likeness (QED) is 0.277. The first kappa shape index (κ1) is 31.7. The predicted molar refractivity (Wildman–Crippen MR) is 161 cm³/mol. The average molecular weight is 625 g/mol. The number of carbonyl (C=O) groups is 2. The van der Waals surface area contributed by atoms with Crippen LogP contribution in [0.25, 0.3) is 0 Å². The van der Waals surface area contributed by atoms with Crippen molar-refractivity contribution in [2.45, 2.75) is 57.1 Å². The van der Waals surface area contributed by atoms with Crippen molar-refractivity contribution in [1.29, 1.82) is 0 Å². The number of rotatable bonds is 10. The van der Waals surface area contributed by atoms with Gasteiger partial charge in [0.05, 0.1) is 15.6 Å². The van der Waals surface area contributed by atoms with Crippen molar-refractivity contribution in [3.8, 4) is 0 Å². The lowest BCUT2D eigenvalue weighted by Crippen LogP contribution is -2.55. The summed E-state index contributed by atoms with van der Waals surface area (Å²) in [5.74, 6) is -0.935. The molecule has 0 aliphatic heterocycles. The van der Waals surface area contributed by atoms with Gasteiger partial charge in [0.15, 0.2) is 0 Å². The van der Waals surface area contributed by atoms with E-state index in [0.717, 1.165) is 9.87 Å². The summed E-state index contributed by atoms with van der Waals surface area (Å²) in [6, 6.07) is 18.1. The van der Waals surface area contributed by atoms with Crippen LogP contribution in [0.4, 0.5) is 5.69 Å². The number of halogens is 3. The molecule has 2 amide bonds. The Morgan fingerprint density at radius 1 is 0.900 bits per heavy atom. The van der Waals surface area contributed by atoms with E-state index < -0.39 is 34.1 Å². The minimum absolute atomic E-state index is 0.0180. The number of hydrogen-bond donors (Lipinski definition) is 1. The highest BCUT2D eigenvalue weighted by Gasteiger charge is 2.35. The fourth-order valence-corrected chi connectivity index (χ4v) is 6.22. The Morgan fingerprint density at radius 3 is 2.05 bits per heavy atom. The lowest BCUT2D eigenvalue weighted by molar-refractivity contribution is -0.141. The third-order valence-electron chi connectivity index (χ3n) is 5.94. The number of benzene rings is 3. The van der Waals surface area contributed by atoms with Gasteiger partial charge in [0.25, 0.3) is 10.0 Å². The first-order valence-corrected chi connectivity index (χ1v) is 15.2. The summed E-state index contributed by atoms with van der Waals surface area (Å²) in [6.07, 6.45) is 0.300. The van der Waals surface area contributed by atoms with E-state index in [0.29, 0.717) is 16.5 Å². The topological polar surface area (TPSA) is 86.8 Å². The standard InChI is InChI=1S/C29H32Cl3N3O4S/c1-5-25(28(37)33-29(2,3)4)34(18-20-11-13-21(30)14-12-20)27(36)19-35(26-16-15-22(31)17-24(26)32)40(38,39)23-9-7-6-8-10-23/h6-17,25H,5,18-19H2,1-4H3,(H,33,37)/t25-/m1/s1. The molecule has 0 unspecified atom stereocenters. The number of sulfonamides is 1. The largest absolute Gasteiger partial charge is 0.350 e. The minimum atomic E-state index is -4.24. The highest BCUT2D eigenvalue weighted by Crippen LogP contribution is 2.33. The van der Waals surface area contributed by atoms with E-state index in [4.69, 9.17) is 34.8 Å². The highest BCUT2D eigenvalue weighted by molar-refractivity contribution is 7.92. The molecule has 0 radical (unpaired) electrons. The number of anilines is 1. The molecule has 3 aromatic rings. The Hall–Kier alpha value is -2.78. The number of hydrogen-bond acceptors (Lipinski definition) is 4. The Labute approximate surface area is 251 Å². The summed E-state index contributed by atoms with van der Waals surface area (Å²) in [7, 11) is -4.24. The molecule has 0 bridgehead atoms. The van der Waals surface area contributed by atoms with Crippen LogP contribution in [0.3, 0.4) is 0 Å². The number of nitrogens with one attached hydrogen (secondary N) is 1. The van der Waals surface area contributed by atoms with Crippen LogP contribution >= 0.6 is 34.8 Å². The SMILES string of the molecule is CC[C@H](C(=O)NC(C)(C)C)N(Cc1ccc(Cl)cc1)C(=O)CN(c1ccc(Cl)cc1Cl)S(=O)(=O)c1ccccc1. The molecule has 0 saturated carbocycles. The molecule has 0 heterocycles. The van der Waals surface area contributed by atoms with Crippen LogP contribution in [0.2, 0.25) is 15.1 Å². The molecule has 0 saturated heterocycles. The number of nitrogens with zero attached hydrogens (tertiary/aromatic N) is 2. The number of carbonyl (C=O) groups excluding carboxylic acids is 2. The van der Waals surface area contributed by atoms with E-state index in [9.17, 15) is 18.0 Å². The van der Waals surface area contributed by atoms with Crippen molar-refractivity contribution >= 4 is 62.3 Å². The monoisotopic (exact) mass is 623 g/mol. The maximum absolute atomic E-state index is 14.1. The van der Waals surface area contributed by atoms with Crippen molar-refractivity contribution < 1.29 is 18.0 Å². The molecule has 3 rings (SSSR count). The van der Waals surface area contributed by atoms with E-state index in [-0.39, 0.29) is 28.1 Å². The maximum atomic E-state index is 14.1. The van der Waals surface area contributed by atoms with E-state index in [1.54, 1.807) is 49.4 Å². The minimum Gasteiger partial charge on any atom is -0.350 e. The molecule has 11 heteroatoms. The fourth-order valence-electron chi connectivity index (χ4n) is 4.08. The second-order valence-corrected chi connectivity index (χ2v) is 13.4. The molecule has 7 nitrogen and oxygen atoms in total. The first-order valence-electron chi connectivity index (χ1n) is 12.6. The molecule has 1 N–H and O–H groups in total. The molecule has 0 spiro atoms. The smallest absolute Gasteiger partial charge is 0.264 e. The lowest BCUT2D eigenvalue weighted by Gasteiger charge is -2.35. The maximum Gasteiger partial charge on any atom is 0.264 e. The van der Waals surface area contributed by atoms with Gasteiger partial charge >= 0.3 is 0 Å². The Bertz CT molecular complexity index is 1440. The molecule has 0 aliphatic rings. The van der Waals surface area contributed by atoms with Crippen LogP contribution < -0.4 is 9.62 Å². The van der Waals surface area contributed by atoms with Crippen LogP contribution in [0.15, 0.2) is 77.7 Å². The van der Waals surface area contributed by atoms with Crippen molar-refractivity contribution in [3.05, 3.63) is 93.4 Å². The van der Waals surface area contributed by atoms with Crippen LogP contribution in [-0.4, -0.2) is 43.3 Å². The molecular weight excluding hydrogens is 593 g/mol. The lowest BCUT2D eigenvalue weighted by atomic mass is 10.1. The second kappa shape index (κ2) is 13.3. The fraction of sp³-hybridized carbons (Fsp3) is 0.310. The van der Waals surface area contributed by atoms with Gasteiger partial charge in [-0.3, -0.25) is 13.9 Å². The predicted octanol–water partition coefficient (Wildman–Crippen LogP) is 6.56. The van der Waals surface area contributed by atoms with E-state index in [2.05, 4.69) is 5.32 Å². The summed E-state index contributed by atoms with van der Waals surface area (Å²) in [4.78, 5) is 28.8. The Balaban J connectivity index is 2.09. The number of amides is 2. The molecule has 0 fully saturated rings. The molecular formula is C29H32Cl3N3O4S. The molecule has 40 heavy (non-hydrogen) atoms. The van der Waals surface area contributed by atoms with E-state index >= 15 is 0 Å². The van der Waals surface area contributed by atoms with E-state index in [1.165, 1.54) is 35.2 Å². The average Bonchev–Trinajstić information content (AvgIpc) is 2.88. The van der Waals surface area contributed by atoms with Crippen molar-refractivity contribution in [2.24, 2.45) is 0 Å². The van der Waals surface area contributed by atoms with Gasteiger partial charge in [-0.2, -0.15) is 0 Å². The van der Waals surface area contributed by atoms with Gasteiger partial charge in [0.2, 0.25) is 11.8 Å². The summed E-state index contributed by atoms with van der Waals surface area (Å²) < 4.78 is 28.7. The summed E-state index contributed by atoms with van der Waals surface area (Å²) in [6.45, 7) is 6.79. The first-order chi connectivity index (χ1) is 18.7. The molecule has 3 aromatic carbocycles. The van der Waals surface area contributed by atoms with Crippen LogP contribution in [0.1, 0.15) is 39.7 Å². The summed E-state index contributed by atoms with van der Waals surface area (Å²) in [5, 5.41) is 3.83. The third kappa shape index (κ3) is 8.13. The van der Waals surface area contributed by atoms with Gasteiger partial charge in [-0.25, -0.2) is 8.42 Å². The normalized spacial score (nSPS) is 12.5. The van der Waals surface area contributed by atoms with Gasteiger partial charge < -0.3 is 10.2 Å². The van der Waals surface area contributed by atoms with Crippen molar-refractivity contribution in [2.75, 3.05) is 10.8 Å². The Morgan fingerprint density at radius 2 is 1.50 bits per heavy atom. The molecule has 0 aromatic heterocycles. The molecule has 1 atom stereocenters. The zero-order valence-corrected chi connectivity index (χ0v) is 25.8. The van der Waals surface area contributed by atoms with Gasteiger partial charge in [0, 0.05) is 22.1 Å². The van der Waals surface area contributed by atoms with E-state index in [1.807, 2.05) is 20.8 Å². The van der Waals surface area contributed by atoms with Crippen LogP contribution in [0, 0.1) is 0 Å². The zero-order valence-electron chi connectivity index (χ0n) is 22.7. The summed E-state index contributed by atoms with van der Waals surface area (Å²) in [5.41, 5.74) is 0.266. The van der Waals surface area contributed by atoms with Gasteiger partial charge in [0.1, 0.15) is 12.6 Å². The second-order valence-electron chi connectivity index (χ2n) is 10.2. The highest BCUT2D eigenvalue weighted by atomic mass is 35.5. The Kier molecular flexibility index (Phi) is 10.5. The third-order valence-corrected chi connectivity index (χ3v) is 8.50. The van der Waals surface area contributed by atoms with Crippen LogP contribution in [-0.2, 0) is 26.2 Å². The molecule has 0 aliphatic carbocycles.